The first-order chi connectivity index (χ1) is 15.5. The van der Waals surface area contributed by atoms with Crippen LogP contribution in [0.1, 0.15) is 53.7 Å². The Kier molecular flexibility index (Phi) is 5.33. The van der Waals surface area contributed by atoms with E-state index in [9.17, 15) is 4.39 Å². The second-order valence-corrected chi connectivity index (χ2v) is 8.43. The van der Waals surface area contributed by atoms with Crippen LogP contribution < -0.4 is 0 Å². The highest BCUT2D eigenvalue weighted by Gasteiger charge is 2.20. The first-order valence-electron chi connectivity index (χ1n) is 11.2. The van der Waals surface area contributed by atoms with Gasteiger partial charge in [0.1, 0.15) is 12.1 Å². The minimum absolute atomic E-state index is 0.238. The first kappa shape index (κ1) is 20.5. The Hall–Kier alpha value is -3.35. The molecule has 0 aliphatic heterocycles. The maximum Gasteiger partial charge on any atom is 0.157 e. The van der Waals surface area contributed by atoms with E-state index in [1.165, 1.54) is 41.9 Å². The average molecular weight is 431 g/mol. The fourth-order valence-corrected chi connectivity index (χ4v) is 4.81. The zero-order valence-electron chi connectivity index (χ0n) is 18.8. The molecule has 1 aliphatic rings. The molecule has 5 rings (SSSR count). The third kappa shape index (κ3) is 3.61. The van der Waals surface area contributed by atoms with Gasteiger partial charge in [-0.05, 0) is 68.9 Å². The van der Waals surface area contributed by atoms with Crippen molar-refractivity contribution in [2.45, 2.75) is 52.4 Å². The summed E-state index contributed by atoms with van der Waals surface area (Å²) in [6.45, 7) is 4.25. The van der Waals surface area contributed by atoms with Gasteiger partial charge in [0.05, 0.1) is 22.8 Å². The molecule has 0 saturated heterocycles. The van der Waals surface area contributed by atoms with Gasteiger partial charge in [0, 0.05) is 36.4 Å². The molecular weight excluding hydrogens is 403 g/mol. The lowest BCUT2D eigenvalue weighted by Crippen LogP contribution is -2.05. The summed E-state index contributed by atoms with van der Waals surface area (Å²) >= 11 is 0. The smallest absolute Gasteiger partial charge is 0.157 e. The predicted octanol–water partition coefficient (Wildman–Crippen LogP) is 4.54. The van der Waals surface area contributed by atoms with Crippen molar-refractivity contribution in [3.8, 4) is 17.1 Å². The molecule has 4 aromatic rings. The SMILES string of the molecule is CCc1c(Cc2cc(-n3nc4c(c3C)CCCC4)ncn2)nn(C)c1-c1ccc(F)cc1. The molecule has 0 spiro atoms. The predicted molar refractivity (Wildman–Crippen MR) is 121 cm³/mol. The van der Waals surface area contributed by atoms with Crippen LogP contribution in [0.5, 0.6) is 0 Å². The number of benzene rings is 1. The van der Waals surface area contributed by atoms with E-state index in [0.717, 1.165) is 53.3 Å². The number of hydrogen-bond donors (Lipinski definition) is 0. The average Bonchev–Trinajstić information content (AvgIpc) is 3.31. The maximum atomic E-state index is 13.4. The number of aromatic nitrogens is 6. The molecule has 1 aromatic carbocycles. The van der Waals surface area contributed by atoms with Crippen LogP contribution in [0.4, 0.5) is 4.39 Å². The fourth-order valence-electron chi connectivity index (χ4n) is 4.81. The van der Waals surface area contributed by atoms with E-state index in [1.54, 1.807) is 18.5 Å². The molecule has 0 saturated carbocycles. The third-order valence-corrected chi connectivity index (χ3v) is 6.39. The first-order valence-corrected chi connectivity index (χ1v) is 11.2. The van der Waals surface area contributed by atoms with Crippen LogP contribution in [-0.2, 0) is 32.7 Å². The lowest BCUT2D eigenvalue weighted by Gasteiger charge is -2.09. The minimum atomic E-state index is -0.238. The summed E-state index contributed by atoms with van der Waals surface area (Å²) in [5, 5.41) is 9.63. The van der Waals surface area contributed by atoms with Crippen molar-refractivity contribution in [1.82, 2.24) is 29.5 Å². The largest absolute Gasteiger partial charge is 0.267 e. The van der Waals surface area contributed by atoms with E-state index < -0.39 is 0 Å². The summed E-state index contributed by atoms with van der Waals surface area (Å²) in [5.74, 6) is 0.563. The molecule has 3 heterocycles. The second-order valence-electron chi connectivity index (χ2n) is 8.43. The van der Waals surface area contributed by atoms with Crippen molar-refractivity contribution in [2.75, 3.05) is 0 Å². The van der Waals surface area contributed by atoms with Crippen LogP contribution in [0.2, 0.25) is 0 Å². The molecule has 1 aliphatic carbocycles. The molecule has 3 aromatic heterocycles. The van der Waals surface area contributed by atoms with Crippen molar-refractivity contribution < 1.29 is 4.39 Å². The normalized spacial score (nSPS) is 13.4. The van der Waals surface area contributed by atoms with Crippen molar-refractivity contribution in [3.05, 3.63) is 76.4 Å². The van der Waals surface area contributed by atoms with Gasteiger partial charge in [-0.2, -0.15) is 10.2 Å². The Bertz CT molecular complexity index is 1270. The molecule has 0 amide bonds. The zero-order valence-corrected chi connectivity index (χ0v) is 18.8. The lowest BCUT2D eigenvalue weighted by atomic mass is 9.96. The number of nitrogens with zero attached hydrogens (tertiary/aromatic N) is 6. The van der Waals surface area contributed by atoms with Gasteiger partial charge in [-0.3, -0.25) is 4.68 Å². The Morgan fingerprint density at radius 1 is 1.03 bits per heavy atom. The van der Waals surface area contributed by atoms with E-state index in [4.69, 9.17) is 10.2 Å². The van der Waals surface area contributed by atoms with Gasteiger partial charge >= 0.3 is 0 Å². The van der Waals surface area contributed by atoms with Crippen LogP contribution in [0.25, 0.3) is 17.1 Å². The molecule has 0 unspecified atom stereocenters. The van der Waals surface area contributed by atoms with Gasteiger partial charge in [-0.1, -0.05) is 6.92 Å². The van der Waals surface area contributed by atoms with Gasteiger partial charge < -0.3 is 0 Å². The highest BCUT2D eigenvalue weighted by atomic mass is 19.1. The summed E-state index contributed by atoms with van der Waals surface area (Å²) in [6, 6.07) is 8.60. The zero-order chi connectivity index (χ0) is 22.2. The molecule has 0 fully saturated rings. The molecule has 7 heteroatoms. The molecule has 0 bridgehead atoms. The number of rotatable bonds is 5. The number of halogens is 1. The molecule has 164 valence electrons. The summed E-state index contributed by atoms with van der Waals surface area (Å²) in [6.07, 6.45) is 7.62. The van der Waals surface area contributed by atoms with Gasteiger partial charge in [0.15, 0.2) is 5.82 Å². The molecule has 0 atom stereocenters. The van der Waals surface area contributed by atoms with E-state index in [1.807, 2.05) is 22.5 Å². The van der Waals surface area contributed by atoms with E-state index in [2.05, 4.69) is 23.8 Å². The molecular formula is C25H27FN6. The third-order valence-electron chi connectivity index (χ3n) is 6.39. The number of hydrogen-bond acceptors (Lipinski definition) is 4. The monoisotopic (exact) mass is 430 g/mol. The van der Waals surface area contributed by atoms with Crippen molar-refractivity contribution in [1.29, 1.82) is 0 Å². The van der Waals surface area contributed by atoms with Crippen molar-refractivity contribution in [2.24, 2.45) is 7.05 Å². The highest BCUT2D eigenvalue weighted by Crippen LogP contribution is 2.29. The van der Waals surface area contributed by atoms with E-state index >= 15 is 0 Å². The van der Waals surface area contributed by atoms with Crippen LogP contribution >= 0.6 is 0 Å². The molecule has 0 radical (unpaired) electrons. The number of fused-ring (bicyclic) bond motifs is 1. The standard InChI is InChI=1S/C25H27FN6/c1-4-20-23(29-31(3)25(20)17-9-11-18(26)12-10-17)13-19-14-24(28-15-27-19)32-16(2)21-7-5-6-8-22(21)30-32/h9-12,14-15H,4-8,13H2,1-3H3. The minimum Gasteiger partial charge on any atom is -0.267 e. The van der Waals surface area contributed by atoms with Crippen LogP contribution in [0.15, 0.2) is 36.7 Å². The Morgan fingerprint density at radius 3 is 2.56 bits per heavy atom. The maximum absolute atomic E-state index is 13.4. The summed E-state index contributed by atoms with van der Waals surface area (Å²) in [7, 11) is 1.93. The van der Waals surface area contributed by atoms with Gasteiger partial charge in [0.2, 0.25) is 0 Å². The van der Waals surface area contributed by atoms with Crippen molar-refractivity contribution in [3.63, 3.8) is 0 Å². The topological polar surface area (TPSA) is 61.4 Å². The molecule has 0 N–H and O–H groups in total. The summed E-state index contributed by atoms with van der Waals surface area (Å²) in [5.41, 5.74) is 8.78. The van der Waals surface area contributed by atoms with Crippen LogP contribution in [-0.4, -0.2) is 29.5 Å². The highest BCUT2D eigenvalue weighted by molar-refractivity contribution is 5.65. The second kappa shape index (κ2) is 8.30. The van der Waals surface area contributed by atoms with Crippen LogP contribution in [0.3, 0.4) is 0 Å². The molecule has 6 nitrogen and oxygen atoms in total. The number of aryl methyl sites for hydroxylation is 2. The van der Waals surface area contributed by atoms with Crippen molar-refractivity contribution >= 4 is 0 Å². The lowest BCUT2D eigenvalue weighted by molar-refractivity contribution is 0.628. The Balaban J connectivity index is 1.49. The Labute approximate surface area is 187 Å². The van der Waals surface area contributed by atoms with Gasteiger partial charge in [-0.25, -0.2) is 19.0 Å². The van der Waals surface area contributed by atoms with Gasteiger partial charge in [0.25, 0.3) is 0 Å². The molecule has 32 heavy (non-hydrogen) atoms. The fraction of sp³-hybridized carbons (Fsp3) is 0.360. The van der Waals surface area contributed by atoms with E-state index in [0.29, 0.717) is 6.42 Å². The quantitative estimate of drug-likeness (QED) is 0.466. The van der Waals surface area contributed by atoms with Gasteiger partial charge in [-0.15, -0.1) is 0 Å². The Morgan fingerprint density at radius 2 is 1.81 bits per heavy atom. The summed E-state index contributed by atoms with van der Waals surface area (Å²) < 4.78 is 17.3. The van der Waals surface area contributed by atoms with E-state index in [-0.39, 0.29) is 5.82 Å². The van der Waals surface area contributed by atoms with Crippen LogP contribution in [0, 0.1) is 12.7 Å². The summed E-state index contributed by atoms with van der Waals surface area (Å²) in [4.78, 5) is 9.02.